The van der Waals surface area contributed by atoms with Crippen LogP contribution in [-0.2, 0) is 6.54 Å². The van der Waals surface area contributed by atoms with E-state index in [-0.39, 0.29) is 5.54 Å². The lowest BCUT2D eigenvalue weighted by molar-refractivity contribution is 0.319. The molecular weight excluding hydrogens is 274 g/mol. The Morgan fingerprint density at radius 1 is 1.30 bits per heavy atom. The molecule has 0 bridgehead atoms. The molecule has 0 unspecified atom stereocenters. The van der Waals surface area contributed by atoms with E-state index in [0.717, 1.165) is 29.2 Å². The number of hydrogen-bond donors (Lipinski definition) is 1. The summed E-state index contributed by atoms with van der Waals surface area (Å²) in [6.07, 6.45) is 0. The van der Waals surface area contributed by atoms with Gasteiger partial charge in [0.2, 0.25) is 0 Å². The third-order valence-electron chi connectivity index (χ3n) is 2.69. The predicted octanol–water partition coefficient (Wildman–Crippen LogP) is 4.10. The summed E-state index contributed by atoms with van der Waals surface area (Å²) in [6, 6.07) is 5.96. The highest BCUT2D eigenvalue weighted by atomic mass is 35.5. The number of halogens is 1. The molecule has 0 aliphatic rings. The van der Waals surface area contributed by atoms with Crippen molar-refractivity contribution in [1.82, 2.24) is 5.32 Å². The summed E-state index contributed by atoms with van der Waals surface area (Å²) in [4.78, 5) is 0. The highest BCUT2D eigenvalue weighted by Gasteiger charge is 2.10. The van der Waals surface area contributed by atoms with Gasteiger partial charge in [-0.3, -0.25) is 0 Å². The normalized spacial score (nSPS) is 12.4. The van der Waals surface area contributed by atoms with Gasteiger partial charge in [0.05, 0.1) is 7.11 Å². The minimum atomic E-state index is 0.0880. The van der Waals surface area contributed by atoms with Crippen molar-refractivity contribution in [2.45, 2.75) is 39.8 Å². The second-order valence-electron chi connectivity index (χ2n) is 5.83. The number of hydrogen-bond acceptors (Lipinski definition) is 3. The smallest absolute Gasteiger partial charge is 0.161 e. The highest BCUT2D eigenvalue weighted by molar-refractivity contribution is 6.25. The summed E-state index contributed by atoms with van der Waals surface area (Å²) in [5, 5.41) is 3.45. The molecule has 1 rings (SSSR count). The molecule has 20 heavy (non-hydrogen) atoms. The van der Waals surface area contributed by atoms with Gasteiger partial charge >= 0.3 is 0 Å². The first-order valence-corrected chi connectivity index (χ1v) is 7.10. The van der Waals surface area contributed by atoms with E-state index in [2.05, 4.69) is 26.1 Å². The summed E-state index contributed by atoms with van der Waals surface area (Å²) in [5.74, 6) is 1.46. The van der Waals surface area contributed by atoms with Gasteiger partial charge in [-0.1, -0.05) is 17.7 Å². The molecule has 0 radical (unpaired) electrons. The molecule has 1 aromatic rings. The average Bonchev–Trinajstić information content (AvgIpc) is 2.41. The van der Waals surface area contributed by atoms with E-state index in [9.17, 15) is 0 Å². The van der Waals surface area contributed by atoms with E-state index in [1.165, 1.54) is 5.54 Å². The van der Waals surface area contributed by atoms with Crippen LogP contribution in [0.25, 0.3) is 0 Å². The van der Waals surface area contributed by atoms with Crippen molar-refractivity contribution in [1.29, 1.82) is 0 Å². The molecule has 0 aromatic heterocycles. The van der Waals surface area contributed by atoms with Crippen LogP contribution >= 0.6 is 11.6 Å². The Morgan fingerprint density at radius 2 is 2.00 bits per heavy atom. The van der Waals surface area contributed by atoms with E-state index in [4.69, 9.17) is 21.1 Å². The van der Waals surface area contributed by atoms with E-state index in [0.29, 0.717) is 6.61 Å². The molecule has 0 spiro atoms. The third kappa shape index (κ3) is 5.85. The first-order valence-electron chi connectivity index (χ1n) is 6.66. The molecule has 0 aliphatic carbocycles. The van der Waals surface area contributed by atoms with E-state index < -0.39 is 0 Å². The van der Waals surface area contributed by atoms with Gasteiger partial charge in [-0.2, -0.15) is 0 Å². The van der Waals surface area contributed by atoms with E-state index in [1.54, 1.807) is 7.11 Å². The Labute approximate surface area is 126 Å². The van der Waals surface area contributed by atoms with Gasteiger partial charge in [-0.15, -0.1) is 0 Å². The number of methoxy groups -OCH3 is 1. The van der Waals surface area contributed by atoms with Crippen molar-refractivity contribution >= 4 is 11.6 Å². The molecule has 0 fully saturated rings. The second kappa shape index (κ2) is 7.55. The lowest BCUT2D eigenvalue weighted by Crippen LogP contribution is -2.35. The van der Waals surface area contributed by atoms with Gasteiger partial charge in [0, 0.05) is 17.6 Å². The molecule has 0 saturated carbocycles. The van der Waals surface area contributed by atoms with Crippen molar-refractivity contribution in [2.75, 3.05) is 13.7 Å². The zero-order chi connectivity index (χ0) is 15.2. The SMILES string of the molecule is COc1cc(CNC(C)(C)C)ccc1OC/C(C)=C/Cl. The van der Waals surface area contributed by atoms with Crippen molar-refractivity contribution in [2.24, 2.45) is 0 Å². The number of nitrogens with one attached hydrogen (secondary N) is 1. The van der Waals surface area contributed by atoms with Gasteiger partial charge in [0.1, 0.15) is 6.61 Å². The lowest BCUT2D eigenvalue weighted by atomic mass is 10.1. The molecule has 112 valence electrons. The van der Waals surface area contributed by atoms with Gasteiger partial charge in [-0.25, -0.2) is 0 Å². The maximum absolute atomic E-state index is 5.68. The van der Waals surface area contributed by atoms with Crippen LogP contribution in [0.2, 0.25) is 0 Å². The molecule has 0 saturated heterocycles. The summed E-state index contributed by atoms with van der Waals surface area (Å²) in [5.41, 5.74) is 3.74. The average molecular weight is 298 g/mol. The van der Waals surface area contributed by atoms with Crippen molar-refractivity contribution in [3.8, 4) is 11.5 Å². The molecule has 0 amide bonds. The minimum absolute atomic E-state index is 0.0880. The molecule has 1 aromatic carbocycles. The zero-order valence-electron chi connectivity index (χ0n) is 12.9. The lowest BCUT2D eigenvalue weighted by Gasteiger charge is -2.21. The van der Waals surface area contributed by atoms with Crippen LogP contribution in [0.15, 0.2) is 29.3 Å². The summed E-state index contributed by atoms with van der Waals surface area (Å²) in [6.45, 7) is 9.59. The molecule has 3 nitrogen and oxygen atoms in total. The standard InChI is InChI=1S/C16H24ClNO2/c1-12(9-17)11-20-14-7-6-13(8-15(14)19-5)10-18-16(2,3)4/h6-9,18H,10-11H2,1-5H3/b12-9+. The molecule has 0 heterocycles. The minimum Gasteiger partial charge on any atom is -0.493 e. The maximum atomic E-state index is 5.68. The van der Waals surface area contributed by atoms with Crippen LogP contribution in [0, 0.1) is 0 Å². The first kappa shape index (κ1) is 16.9. The van der Waals surface area contributed by atoms with Crippen LogP contribution in [0.4, 0.5) is 0 Å². The zero-order valence-corrected chi connectivity index (χ0v) is 13.7. The Bertz CT molecular complexity index is 464. The summed E-state index contributed by atoms with van der Waals surface area (Å²) < 4.78 is 11.1. The number of ether oxygens (including phenoxy) is 2. The molecular formula is C16H24ClNO2. The van der Waals surface area contributed by atoms with E-state index in [1.807, 2.05) is 25.1 Å². The van der Waals surface area contributed by atoms with Gasteiger partial charge < -0.3 is 14.8 Å². The number of rotatable bonds is 6. The largest absolute Gasteiger partial charge is 0.493 e. The number of benzene rings is 1. The Morgan fingerprint density at radius 3 is 2.55 bits per heavy atom. The molecule has 0 atom stereocenters. The maximum Gasteiger partial charge on any atom is 0.161 e. The Kier molecular flexibility index (Phi) is 6.37. The fraction of sp³-hybridized carbons (Fsp3) is 0.500. The van der Waals surface area contributed by atoms with Crippen molar-refractivity contribution in [3.05, 3.63) is 34.9 Å². The second-order valence-corrected chi connectivity index (χ2v) is 6.05. The first-order chi connectivity index (χ1) is 9.35. The van der Waals surface area contributed by atoms with Crippen molar-refractivity contribution in [3.63, 3.8) is 0 Å². The van der Waals surface area contributed by atoms with Crippen LogP contribution in [0.5, 0.6) is 11.5 Å². The fourth-order valence-electron chi connectivity index (χ4n) is 1.53. The predicted molar refractivity (Wildman–Crippen MR) is 84.7 cm³/mol. The quantitative estimate of drug-likeness (QED) is 0.857. The fourth-order valence-corrected chi connectivity index (χ4v) is 1.59. The Balaban J connectivity index is 2.75. The highest BCUT2D eigenvalue weighted by Crippen LogP contribution is 2.28. The van der Waals surface area contributed by atoms with Gasteiger partial charge in [0.25, 0.3) is 0 Å². The van der Waals surface area contributed by atoms with Crippen LogP contribution < -0.4 is 14.8 Å². The van der Waals surface area contributed by atoms with Gasteiger partial charge in [0.15, 0.2) is 11.5 Å². The van der Waals surface area contributed by atoms with Crippen molar-refractivity contribution < 1.29 is 9.47 Å². The third-order valence-corrected chi connectivity index (χ3v) is 3.07. The topological polar surface area (TPSA) is 30.5 Å². The monoisotopic (exact) mass is 297 g/mol. The van der Waals surface area contributed by atoms with Crippen LogP contribution in [0.1, 0.15) is 33.3 Å². The summed E-state index contributed by atoms with van der Waals surface area (Å²) in [7, 11) is 1.65. The van der Waals surface area contributed by atoms with Gasteiger partial charge in [-0.05, 0) is 51.0 Å². The van der Waals surface area contributed by atoms with Crippen LogP contribution in [-0.4, -0.2) is 19.3 Å². The summed E-state index contributed by atoms with van der Waals surface area (Å²) >= 11 is 5.62. The molecule has 0 aliphatic heterocycles. The molecule has 4 heteroatoms. The van der Waals surface area contributed by atoms with E-state index >= 15 is 0 Å². The van der Waals surface area contributed by atoms with Crippen LogP contribution in [0.3, 0.4) is 0 Å². The molecule has 1 N–H and O–H groups in total. The Hall–Kier alpha value is -1.19.